The van der Waals surface area contributed by atoms with E-state index in [9.17, 15) is 4.79 Å². The number of ether oxygens (including phenoxy) is 1. The Labute approximate surface area is 128 Å². The molecule has 0 aromatic carbocycles. The second-order valence-corrected chi connectivity index (χ2v) is 6.99. The van der Waals surface area contributed by atoms with Crippen molar-refractivity contribution in [2.24, 2.45) is 0 Å². The highest BCUT2D eigenvalue weighted by Gasteiger charge is 2.28. The number of carbonyl (C=O) groups is 1. The topological polar surface area (TPSA) is 42.4 Å². The van der Waals surface area contributed by atoms with Gasteiger partial charge in [-0.15, -0.1) is 0 Å². The Balaban J connectivity index is 1.93. The van der Waals surface area contributed by atoms with Gasteiger partial charge in [-0.25, -0.2) is 4.79 Å². The summed E-state index contributed by atoms with van der Waals surface area (Å²) in [6.07, 6.45) is 5.37. The normalized spacial score (nSPS) is 17.1. The lowest BCUT2D eigenvalue weighted by Gasteiger charge is -2.33. The number of pyridine rings is 1. The van der Waals surface area contributed by atoms with E-state index in [0.29, 0.717) is 5.92 Å². The van der Waals surface area contributed by atoms with E-state index in [1.807, 2.05) is 33.2 Å². The Hall–Kier alpha value is -1.10. The maximum absolute atomic E-state index is 12.0. The maximum Gasteiger partial charge on any atom is 0.410 e. The summed E-state index contributed by atoms with van der Waals surface area (Å²) in [4.78, 5) is 17.9. The number of hydrogen-bond donors (Lipinski definition) is 0. The number of carbonyl (C=O) groups excluding carboxylic acids is 1. The summed E-state index contributed by atoms with van der Waals surface area (Å²) < 4.78 is 6.46. The Morgan fingerprint density at radius 1 is 1.40 bits per heavy atom. The van der Waals surface area contributed by atoms with Crippen LogP contribution in [0, 0.1) is 0 Å². The molecule has 1 amide bonds. The molecule has 2 rings (SSSR count). The van der Waals surface area contributed by atoms with Crippen molar-refractivity contribution in [3.8, 4) is 0 Å². The second-order valence-electron chi connectivity index (χ2n) is 6.14. The van der Waals surface area contributed by atoms with Gasteiger partial charge < -0.3 is 9.64 Å². The zero-order valence-corrected chi connectivity index (χ0v) is 13.8. The second kappa shape index (κ2) is 6.12. The van der Waals surface area contributed by atoms with Crippen LogP contribution in [0.3, 0.4) is 0 Å². The number of nitrogens with zero attached hydrogens (tertiary/aromatic N) is 2. The highest BCUT2D eigenvalue weighted by atomic mass is 79.9. The molecule has 110 valence electrons. The molecule has 0 unspecified atom stereocenters. The standard InChI is InChI=1S/C15H21BrN2O2/c1-15(2,3)20-14(19)18-8-5-11(6-9-18)12-4-7-17-10-13(12)16/h4,7,10-11H,5-6,8-9H2,1-3H3. The summed E-state index contributed by atoms with van der Waals surface area (Å²) in [5.41, 5.74) is 0.853. The number of halogens is 1. The van der Waals surface area contributed by atoms with Crippen LogP contribution in [0.2, 0.25) is 0 Å². The molecule has 0 bridgehead atoms. The van der Waals surface area contributed by atoms with Gasteiger partial charge in [0.2, 0.25) is 0 Å². The Morgan fingerprint density at radius 2 is 2.05 bits per heavy atom. The molecule has 0 saturated carbocycles. The van der Waals surface area contributed by atoms with Crippen molar-refractivity contribution in [1.29, 1.82) is 0 Å². The number of aromatic nitrogens is 1. The highest BCUT2D eigenvalue weighted by Crippen LogP contribution is 2.32. The monoisotopic (exact) mass is 340 g/mol. The van der Waals surface area contributed by atoms with Gasteiger partial charge >= 0.3 is 6.09 Å². The largest absolute Gasteiger partial charge is 0.444 e. The first kappa shape index (κ1) is 15.3. The van der Waals surface area contributed by atoms with E-state index in [1.165, 1.54) is 5.56 Å². The molecular formula is C15H21BrN2O2. The predicted molar refractivity (Wildman–Crippen MR) is 81.7 cm³/mol. The highest BCUT2D eigenvalue weighted by molar-refractivity contribution is 9.10. The minimum atomic E-state index is -0.429. The Kier molecular flexibility index (Phi) is 4.68. The van der Waals surface area contributed by atoms with E-state index in [1.54, 1.807) is 4.90 Å². The summed E-state index contributed by atoms with van der Waals surface area (Å²) in [6, 6.07) is 2.05. The van der Waals surface area contributed by atoms with Crippen molar-refractivity contribution in [2.75, 3.05) is 13.1 Å². The summed E-state index contributed by atoms with van der Waals surface area (Å²) in [5.74, 6) is 0.478. The lowest BCUT2D eigenvalue weighted by atomic mass is 9.90. The van der Waals surface area contributed by atoms with Crippen LogP contribution < -0.4 is 0 Å². The first-order chi connectivity index (χ1) is 9.37. The molecule has 0 radical (unpaired) electrons. The van der Waals surface area contributed by atoms with Gasteiger partial charge in [-0.05, 0) is 67.1 Å². The average molecular weight is 341 g/mol. The third-order valence-corrected chi connectivity index (χ3v) is 4.05. The summed E-state index contributed by atoms with van der Waals surface area (Å²) in [7, 11) is 0. The quantitative estimate of drug-likeness (QED) is 0.777. The SMILES string of the molecule is CC(C)(C)OC(=O)N1CCC(c2ccncc2Br)CC1. The first-order valence-electron chi connectivity index (χ1n) is 6.94. The third-order valence-electron chi connectivity index (χ3n) is 3.39. The van der Waals surface area contributed by atoms with Crippen molar-refractivity contribution in [3.63, 3.8) is 0 Å². The van der Waals surface area contributed by atoms with Gasteiger partial charge in [0.1, 0.15) is 5.60 Å². The zero-order chi connectivity index (χ0) is 14.8. The van der Waals surface area contributed by atoms with E-state index < -0.39 is 5.60 Å². The Bertz CT molecular complexity index is 477. The van der Waals surface area contributed by atoms with Crippen molar-refractivity contribution < 1.29 is 9.53 Å². The first-order valence-corrected chi connectivity index (χ1v) is 7.73. The Morgan fingerprint density at radius 3 is 2.60 bits per heavy atom. The van der Waals surface area contributed by atoms with Crippen molar-refractivity contribution >= 4 is 22.0 Å². The number of amides is 1. The molecular weight excluding hydrogens is 320 g/mol. The molecule has 0 N–H and O–H groups in total. The van der Waals surface area contributed by atoms with Crippen LogP contribution in [0.1, 0.15) is 45.1 Å². The maximum atomic E-state index is 12.0. The summed E-state index contributed by atoms with van der Waals surface area (Å²) in [5, 5.41) is 0. The van der Waals surface area contributed by atoms with E-state index in [2.05, 4.69) is 27.0 Å². The number of hydrogen-bond acceptors (Lipinski definition) is 3. The fourth-order valence-electron chi connectivity index (χ4n) is 2.42. The van der Waals surface area contributed by atoms with Gasteiger partial charge in [0.15, 0.2) is 0 Å². The molecule has 1 aliphatic rings. The fraction of sp³-hybridized carbons (Fsp3) is 0.600. The van der Waals surface area contributed by atoms with Gasteiger partial charge in [0.25, 0.3) is 0 Å². The van der Waals surface area contributed by atoms with Crippen LogP contribution >= 0.6 is 15.9 Å². The fourth-order valence-corrected chi connectivity index (χ4v) is 2.99. The molecule has 1 fully saturated rings. The van der Waals surface area contributed by atoms with Gasteiger partial charge in [-0.3, -0.25) is 4.98 Å². The van der Waals surface area contributed by atoms with Crippen molar-refractivity contribution in [3.05, 3.63) is 28.5 Å². The van der Waals surface area contributed by atoms with Crippen molar-refractivity contribution in [2.45, 2.75) is 45.1 Å². The molecule has 1 aliphatic heterocycles. The number of piperidine rings is 1. The van der Waals surface area contributed by atoms with Gasteiger partial charge in [-0.2, -0.15) is 0 Å². The predicted octanol–water partition coefficient (Wildman–Crippen LogP) is 3.96. The smallest absolute Gasteiger partial charge is 0.410 e. The molecule has 0 aliphatic carbocycles. The molecule has 4 nitrogen and oxygen atoms in total. The molecule has 1 aromatic heterocycles. The van der Waals surface area contributed by atoms with Crippen LogP contribution in [0.5, 0.6) is 0 Å². The molecule has 2 heterocycles. The van der Waals surface area contributed by atoms with Crippen LogP contribution in [0.4, 0.5) is 4.79 Å². The van der Waals surface area contributed by atoms with Crippen molar-refractivity contribution in [1.82, 2.24) is 9.88 Å². The molecule has 1 saturated heterocycles. The molecule has 5 heteroatoms. The minimum Gasteiger partial charge on any atom is -0.444 e. The van der Waals surface area contributed by atoms with Gasteiger partial charge in [0.05, 0.1) is 0 Å². The van der Waals surface area contributed by atoms with E-state index in [-0.39, 0.29) is 6.09 Å². The zero-order valence-electron chi connectivity index (χ0n) is 12.2. The van der Waals surface area contributed by atoms with E-state index in [0.717, 1.165) is 30.4 Å². The molecule has 0 atom stereocenters. The summed E-state index contributed by atoms with van der Waals surface area (Å²) in [6.45, 7) is 7.17. The van der Waals surface area contributed by atoms with Gasteiger partial charge in [-0.1, -0.05) is 0 Å². The van der Waals surface area contributed by atoms with E-state index >= 15 is 0 Å². The minimum absolute atomic E-state index is 0.204. The van der Waals surface area contributed by atoms with E-state index in [4.69, 9.17) is 4.74 Å². The van der Waals surface area contributed by atoms with Crippen LogP contribution in [-0.4, -0.2) is 34.7 Å². The molecule has 20 heavy (non-hydrogen) atoms. The van der Waals surface area contributed by atoms with Crippen LogP contribution in [0.25, 0.3) is 0 Å². The third kappa shape index (κ3) is 3.95. The van der Waals surface area contributed by atoms with Gasteiger partial charge in [0, 0.05) is 30.0 Å². The van der Waals surface area contributed by atoms with Crippen LogP contribution in [-0.2, 0) is 4.74 Å². The lowest BCUT2D eigenvalue weighted by molar-refractivity contribution is 0.0204. The number of rotatable bonds is 1. The summed E-state index contributed by atoms with van der Waals surface area (Å²) >= 11 is 3.55. The number of likely N-dealkylation sites (tertiary alicyclic amines) is 1. The van der Waals surface area contributed by atoms with Crippen LogP contribution in [0.15, 0.2) is 22.9 Å². The molecule has 0 spiro atoms. The average Bonchev–Trinajstić information content (AvgIpc) is 2.37. The lowest BCUT2D eigenvalue weighted by Crippen LogP contribution is -2.41. The molecule has 1 aromatic rings.